The molecule has 0 spiro atoms. The van der Waals surface area contributed by atoms with Crippen LogP contribution in [0.25, 0.3) is 0 Å². The molecule has 1 amide bonds. The number of hydrogen-bond acceptors (Lipinski definition) is 7. The Hall–Kier alpha value is -2.79. The minimum atomic E-state index is -4.07. The zero-order chi connectivity index (χ0) is 24.5. The van der Waals surface area contributed by atoms with Crippen molar-refractivity contribution in [2.45, 2.75) is 38.0 Å². The number of carbonyl (C=O) groups is 1. The number of hydrogen-bond donors (Lipinski definition) is 2. The molecule has 182 valence electrons. The average molecular weight is 499 g/mol. The van der Waals surface area contributed by atoms with Crippen molar-refractivity contribution in [3.63, 3.8) is 0 Å². The molecule has 0 saturated heterocycles. The summed E-state index contributed by atoms with van der Waals surface area (Å²) >= 11 is 0. The number of methoxy groups -OCH3 is 1. The Balaban J connectivity index is 2.18. The monoisotopic (exact) mass is 498 g/mol. The zero-order valence-electron chi connectivity index (χ0n) is 19.0. The van der Waals surface area contributed by atoms with Crippen LogP contribution in [0.1, 0.15) is 33.1 Å². The molecule has 33 heavy (non-hydrogen) atoms. The summed E-state index contributed by atoms with van der Waals surface area (Å²) in [6.45, 7) is 4.29. The summed E-state index contributed by atoms with van der Waals surface area (Å²) in [5, 5.41) is 2.46. The molecule has 0 unspecified atom stereocenters. The summed E-state index contributed by atoms with van der Waals surface area (Å²) in [5.41, 5.74) is 0.449. The van der Waals surface area contributed by atoms with E-state index >= 15 is 0 Å². The molecule has 0 aliphatic carbocycles. The van der Waals surface area contributed by atoms with Crippen LogP contribution in [0.2, 0.25) is 0 Å². The van der Waals surface area contributed by atoms with Crippen molar-refractivity contribution >= 4 is 37.1 Å². The Morgan fingerprint density at radius 1 is 0.939 bits per heavy atom. The lowest BCUT2D eigenvalue weighted by Gasteiger charge is -2.14. The minimum Gasteiger partial charge on any atom is -0.495 e. The van der Waals surface area contributed by atoms with Gasteiger partial charge in [-0.05, 0) is 55.8 Å². The molecule has 0 heterocycles. The van der Waals surface area contributed by atoms with Crippen LogP contribution in [0, 0.1) is 0 Å². The van der Waals surface area contributed by atoms with E-state index in [-0.39, 0.29) is 22.1 Å². The van der Waals surface area contributed by atoms with Gasteiger partial charge < -0.3 is 14.8 Å². The lowest BCUT2D eigenvalue weighted by Crippen LogP contribution is -2.25. The van der Waals surface area contributed by atoms with Crippen molar-refractivity contribution in [1.82, 2.24) is 0 Å². The number of carbonyl (C=O) groups excluding carboxylic acids is 1. The van der Waals surface area contributed by atoms with Crippen molar-refractivity contribution in [2.24, 2.45) is 0 Å². The SMILES string of the molecule is CCCCCS(=O)(=O)CC(=O)Nc1ccc(OC)c(S(=O)(=O)Nc2ccc(OCC)cc2)c1. The molecule has 0 aromatic heterocycles. The minimum absolute atomic E-state index is 0.0670. The molecular weight excluding hydrogens is 468 g/mol. The molecule has 0 saturated carbocycles. The quantitative estimate of drug-likeness (QED) is 0.405. The summed E-state index contributed by atoms with van der Waals surface area (Å²) in [6.07, 6.45) is 2.13. The first-order chi connectivity index (χ1) is 15.6. The standard InChI is InChI=1S/C22H30N2O7S2/c1-4-6-7-14-32(26,27)16-22(25)23-18-10-13-20(30-3)21(15-18)33(28,29)24-17-8-11-19(12-9-17)31-5-2/h8-13,15,24H,4-7,14,16H2,1-3H3,(H,23,25). The topological polar surface area (TPSA) is 128 Å². The number of sulfone groups is 1. The van der Waals surface area contributed by atoms with Gasteiger partial charge in [-0.2, -0.15) is 0 Å². The zero-order valence-corrected chi connectivity index (χ0v) is 20.6. The fourth-order valence-corrected chi connectivity index (χ4v) is 5.52. The second kappa shape index (κ2) is 11.9. The first-order valence-electron chi connectivity index (χ1n) is 10.5. The Labute approximate surface area is 195 Å². The second-order valence-electron chi connectivity index (χ2n) is 7.28. The van der Waals surface area contributed by atoms with E-state index in [4.69, 9.17) is 9.47 Å². The van der Waals surface area contributed by atoms with Crippen molar-refractivity contribution in [3.8, 4) is 11.5 Å². The van der Waals surface area contributed by atoms with Gasteiger partial charge in [0.1, 0.15) is 22.1 Å². The molecule has 2 N–H and O–H groups in total. The van der Waals surface area contributed by atoms with Crippen LogP contribution in [-0.2, 0) is 24.7 Å². The molecule has 2 aromatic carbocycles. The molecule has 0 radical (unpaired) electrons. The highest BCUT2D eigenvalue weighted by Crippen LogP contribution is 2.29. The summed E-state index contributed by atoms with van der Waals surface area (Å²) in [5.74, 6) is -0.803. The fourth-order valence-electron chi connectivity index (χ4n) is 3.00. The summed E-state index contributed by atoms with van der Waals surface area (Å²) in [4.78, 5) is 12.0. The van der Waals surface area contributed by atoms with E-state index in [0.29, 0.717) is 24.5 Å². The van der Waals surface area contributed by atoms with E-state index in [0.717, 1.165) is 12.8 Å². The van der Waals surface area contributed by atoms with Crippen LogP contribution in [0.5, 0.6) is 11.5 Å². The van der Waals surface area contributed by atoms with Gasteiger partial charge in [0, 0.05) is 11.4 Å². The highest BCUT2D eigenvalue weighted by Gasteiger charge is 2.22. The van der Waals surface area contributed by atoms with E-state index in [1.54, 1.807) is 24.3 Å². The van der Waals surface area contributed by atoms with Crippen molar-refractivity contribution in [1.29, 1.82) is 0 Å². The van der Waals surface area contributed by atoms with Crippen molar-refractivity contribution in [3.05, 3.63) is 42.5 Å². The van der Waals surface area contributed by atoms with Gasteiger partial charge in [-0.25, -0.2) is 16.8 Å². The molecule has 0 fully saturated rings. The number of sulfonamides is 1. The summed E-state index contributed by atoms with van der Waals surface area (Å²) in [6, 6.07) is 10.4. The number of amides is 1. The van der Waals surface area contributed by atoms with E-state index in [2.05, 4.69) is 10.0 Å². The van der Waals surface area contributed by atoms with Crippen molar-refractivity contribution in [2.75, 3.05) is 35.3 Å². The van der Waals surface area contributed by atoms with Gasteiger partial charge in [-0.1, -0.05) is 19.8 Å². The Bertz CT molecular complexity index is 1150. The molecule has 0 aliphatic rings. The van der Waals surface area contributed by atoms with Gasteiger partial charge in [0.25, 0.3) is 10.0 Å². The predicted octanol–water partition coefficient (Wildman–Crippen LogP) is 3.44. The third-order valence-electron chi connectivity index (χ3n) is 4.56. The number of nitrogens with one attached hydrogen (secondary N) is 2. The first kappa shape index (κ1) is 26.5. The van der Waals surface area contributed by atoms with Gasteiger partial charge in [-0.3, -0.25) is 9.52 Å². The van der Waals surface area contributed by atoms with Gasteiger partial charge in [-0.15, -0.1) is 0 Å². The second-order valence-corrected chi connectivity index (χ2v) is 11.1. The van der Waals surface area contributed by atoms with Gasteiger partial charge in [0.05, 0.1) is 19.5 Å². The Morgan fingerprint density at radius 3 is 2.21 bits per heavy atom. The maximum absolute atomic E-state index is 13.0. The van der Waals surface area contributed by atoms with E-state index in [1.165, 1.54) is 25.3 Å². The first-order valence-corrected chi connectivity index (χ1v) is 13.8. The molecule has 0 atom stereocenters. The third kappa shape index (κ3) is 8.25. The van der Waals surface area contributed by atoms with E-state index in [9.17, 15) is 21.6 Å². The molecule has 9 nitrogen and oxygen atoms in total. The highest BCUT2D eigenvalue weighted by atomic mass is 32.2. The van der Waals surface area contributed by atoms with Crippen molar-refractivity contribution < 1.29 is 31.1 Å². The van der Waals surface area contributed by atoms with Crippen LogP contribution < -0.4 is 19.5 Å². The molecule has 2 rings (SSSR count). The normalized spacial score (nSPS) is 11.6. The Morgan fingerprint density at radius 2 is 1.61 bits per heavy atom. The maximum atomic E-state index is 13.0. The van der Waals surface area contributed by atoms with E-state index < -0.39 is 31.5 Å². The van der Waals surface area contributed by atoms with Gasteiger partial charge in [0.2, 0.25) is 5.91 Å². The highest BCUT2D eigenvalue weighted by molar-refractivity contribution is 7.93. The van der Waals surface area contributed by atoms with Crippen LogP contribution in [0.15, 0.2) is 47.4 Å². The maximum Gasteiger partial charge on any atom is 0.265 e. The lowest BCUT2D eigenvalue weighted by molar-refractivity contribution is -0.113. The van der Waals surface area contributed by atoms with Crippen LogP contribution in [0.4, 0.5) is 11.4 Å². The number of benzene rings is 2. The van der Waals surface area contributed by atoms with Gasteiger partial charge >= 0.3 is 0 Å². The fraction of sp³-hybridized carbons (Fsp3) is 0.409. The molecule has 11 heteroatoms. The Kier molecular flexibility index (Phi) is 9.54. The largest absolute Gasteiger partial charge is 0.495 e. The number of unbranched alkanes of at least 4 members (excludes halogenated alkanes) is 2. The third-order valence-corrected chi connectivity index (χ3v) is 7.58. The molecule has 0 aliphatic heterocycles. The molecule has 0 bridgehead atoms. The van der Waals surface area contributed by atoms with Crippen LogP contribution in [0.3, 0.4) is 0 Å². The van der Waals surface area contributed by atoms with E-state index in [1.807, 2.05) is 13.8 Å². The van der Waals surface area contributed by atoms with Crippen LogP contribution in [-0.4, -0.2) is 48.0 Å². The average Bonchev–Trinajstić information content (AvgIpc) is 2.74. The number of rotatable bonds is 13. The predicted molar refractivity (Wildman–Crippen MR) is 128 cm³/mol. The lowest BCUT2D eigenvalue weighted by atomic mass is 10.3. The van der Waals surface area contributed by atoms with Crippen LogP contribution >= 0.6 is 0 Å². The number of ether oxygens (including phenoxy) is 2. The summed E-state index contributed by atoms with van der Waals surface area (Å²) < 4.78 is 63.1. The smallest absolute Gasteiger partial charge is 0.265 e. The molecule has 2 aromatic rings. The van der Waals surface area contributed by atoms with Gasteiger partial charge in [0.15, 0.2) is 9.84 Å². The summed E-state index contributed by atoms with van der Waals surface area (Å²) in [7, 11) is -6.30. The molecular formula is C22H30N2O7S2. The number of anilines is 2.